The first-order valence-electron chi connectivity index (χ1n) is 10.2. The lowest BCUT2D eigenvalue weighted by molar-refractivity contribution is -0.469. The predicted molar refractivity (Wildman–Crippen MR) is 116 cm³/mol. The van der Waals surface area contributed by atoms with Crippen LogP contribution in [0.15, 0.2) is 42.5 Å². The standard InChI is InChI=1S/C23H26N4O3/c1-16-13-20-21(14-17(16)2)27(30)22(18(3)26(20)29)23(28)25-11-9-24(10-12-25)15-19-7-5-4-6-8-19/h4-8,13-14H,9-12,15H2,1-3H3. The minimum atomic E-state index is -0.383. The number of piperazine rings is 1. The van der Waals surface area contributed by atoms with Crippen molar-refractivity contribution in [3.8, 4) is 0 Å². The molecule has 1 fully saturated rings. The van der Waals surface area contributed by atoms with Crippen molar-refractivity contribution in [2.75, 3.05) is 26.2 Å². The number of aryl methyl sites for hydroxylation is 2. The van der Waals surface area contributed by atoms with Crippen LogP contribution in [0.4, 0.5) is 0 Å². The van der Waals surface area contributed by atoms with Gasteiger partial charge in [-0.05, 0) is 43.5 Å². The fourth-order valence-corrected chi connectivity index (χ4v) is 4.00. The van der Waals surface area contributed by atoms with Crippen LogP contribution in [0.25, 0.3) is 11.0 Å². The number of hydrogen-bond donors (Lipinski definition) is 0. The van der Waals surface area contributed by atoms with Crippen molar-refractivity contribution < 1.29 is 9.22 Å². The molecule has 1 aliphatic heterocycles. The van der Waals surface area contributed by atoms with E-state index in [9.17, 15) is 14.9 Å². The number of carbonyl (C=O) groups is 1. The molecule has 4 rings (SSSR count). The molecular formula is C23H26N4O3. The fraction of sp³-hybridized carbons (Fsp3) is 0.348. The third-order valence-corrected chi connectivity index (χ3v) is 5.99. The average molecular weight is 406 g/mol. The van der Waals surface area contributed by atoms with E-state index in [1.165, 1.54) is 12.5 Å². The lowest BCUT2D eigenvalue weighted by atomic mass is 10.1. The lowest BCUT2D eigenvalue weighted by Crippen LogP contribution is -2.50. The minimum Gasteiger partial charge on any atom is -0.805 e. The average Bonchev–Trinajstić information content (AvgIpc) is 2.75. The van der Waals surface area contributed by atoms with Gasteiger partial charge in [0.05, 0.1) is 10.1 Å². The molecule has 0 saturated carbocycles. The van der Waals surface area contributed by atoms with Crippen molar-refractivity contribution in [1.29, 1.82) is 0 Å². The van der Waals surface area contributed by atoms with E-state index in [4.69, 9.17) is 0 Å². The smallest absolute Gasteiger partial charge is 0.346 e. The first kappa shape index (κ1) is 20.1. The number of aromatic nitrogens is 2. The molecule has 1 amide bonds. The Bertz CT molecular complexity index is 1160. The molecule has 2 aromatic carbocycles. The highest BCUT2D eigenvalue weighted by molar-refractivity contribution is 5.93. The molecule has 3 aromatic rings. The maximum atomic E-state index is 13.2. The molecule has 1 aromatic heterocycles. The Labute approximate surface area is 175 Å². The minimum absolute atomic E-state index is 0.0859. The van der Waals surface area contributed by atoms with Gasteiger partial charge >= 0.3 is 11.6 Å². The number of amides is 1. The maximum absolute atomic E-state index is 13.2. The van der Waals surface area contributed by atoms with Crippen molar-refractivity contribution in [3.05, 3.63) is 80.7 Å². The van der Waals surface area contributed by atoms with Gasteiger partial charge in [-0.1, -0.05) is 30.3 Å². The normalized spacial score (nSPS) is 15.0. The van der Waals surface area contributed by atoms with E-state index in [0.717, 1.165) is 30.8 Å². The van der Waals surface area contributed by atoms with Crippen LogP contribution in [-0.4, -0.2) is 46.6 Å². The number of benzene rings is 2. The molecule has 0 spiro atoms. The summed E-state index contributed by atoms with van der Waals surface area (Å²) in [5, 5.41) is 12.8. The van der Waals surface area contributed by atoms with Crippen molar-refractivity contribution in [3.63, 3.8) is 0 Å². The van der Waals surface area contributed by atoms with Gasteiger partial charge in [0.2, 0.25) is 0 Å². The summed E-state index contributed by atoms with van der Waals surface area (Å²) in [7, 11) is 0. The van der Waals surface area contributed by atoms with Crippen molar-refractivity contribution in [2.45, 2.75) is 27.3 Å². The van der Waals surface area contributed by atoms with Crippen LogP contribution < -0.4 is 4.43 Å². The Kier molecular flexibility index (Phi) is 5.30. The van der Waals surface area contributed by atoms with Crippen LogP contribution in [0.2, 0.25) is 0 Å². The Morgan fingerprint density at radius 1 is 1.00 bits per heavy atom. The third-order valence-electron chi connectivity index (χ3n) is 5.99. The second-order valence-corrected chi connectivity index (χ2v) is 8.00. The van der Waals surface area contributed by atoms with Crippen LogP contribution in [-0.2, 0) is 6.54 Å². The first-order valence-corrected chi connectivity index (χ1v) is 10.2. The van der Waals surface area contributed by atoms with E-state index in [1.54, 1.807) is 17.0 Å². The predicted octanol–water partition coefficient (Wildman–Crippen LogP) is 2.78. The molecule has 156 valence electrons. The maximum Gasteiger partial charge on any atom is 0.346 e. The van der Waals surface area contributed by atoms with E-state index in [1.807, 2.05) is 32.0 Å². The molecule has 0 bridgehead atoms. The zero-order valence-corrected chi connectivity index (χ0v) is 17.6. The molecule has 0 unspecified atom stereocenters. The summed E-state index contributed by atoms with van der Waals surface area (Å²) in [5.74, 6) is -0.383. The third kappa shape index (κ3) is 3.57. The highest BCUT2D eigenvalue weighted by Gasteiger charge is 2.33. The van der Waals surface area contributed by atoms with E-state index in [-0.39, 0.29) is 28.3 Å². The molecule has 0 atom stereocenters. The van der Waals surface area contributed by atoms with Gasteiger partial charge in [-0.3, -0.25) is 9.69 Å². The van der Waals surface area contributed by atoms with Gasteiger partial charge in [0.1, 0.15) is 5.52 Å². The summed E-state index contributed by atoms with van der Waals surface area (Å²) >= 11 is 0. The summed E-state index contributed by atoms with van der Waals surface area (Å²) < 4.78 is 1.33. The van der Waals surface area contributed by atoms with Gasteiger partial charge in [0.25, 0.3) is 5.52 Å². The summed E-state index contributed by atoms with van der Waals surface area (Å²) in [6.07, 6.45) is 0. The molecule has 0 radical (unpaired) electrons. The summed E-state index contributed by atoms with van der Waals surface area (Å²) in [6, 6.07) is 13.6. The Balaban J connectivity index is 1.58. The van der Waals surface area contributed by atoms with Gasteiger partial charge in [-0.25, -0.2) is 0 Å². The van der Waals surface area contributed by atoms with Crippen molar-refractivity contribution in [2.24, 2.45) is 0 Å². The van der Waals surface area contributed by atoms with Gasteiger partial charge in [0, 0.05) is 43.7 Å². The van der Waals surface area contributed by atoms with Crippen molar-refractivity contribution in [1.82, 2.24) is 14.5 Å². The molecule has 7 heteroatoms. The highest BCUT2D eigenvalue weighted by Crippen LogP contribution is 2.20. The molecule has 1 aliphatic rings. The Hall–Kier alpha value is -3.19. The number of carbonyl (C=O) groups excluding carboxylic acids is 1. The van der Waals surface area contributed by atoms with Crippen LogP contribution in [0.1, 0.15) is 32.9 Å². The fourth-order valence-electron chi connectivity index (χ4n) is 4.00. The van der Waals surface area contributed by atoms with Crippen LogP contribution in [0.3, 0.4) is 0 Å². The molecule has 7 nitrogen and oxygen atoms in total. The summed E-state index contributed by atoms with van der Waals surface area (Å²) in [4.78, 5) is 30.2. The molecule has 0 aliphatic carbocycles. The van der Waals surface area contributed by atoms with Gasteiger partial charge in [-0.2, -0.15) is 0 Å². The molecular weight excluding hydrogens is 380 g/mol. The Morgan fingerprint density at radius 3 is 2.30 bits per heavy atom. The van der Waals surface area contributed by atoms with Gasteiger partial charge in [-0.15, -0.1) is 0 Å². The second-order valence-electron chi connectivity index (χ2n) is 8.00. The summed E-state index contributed by atoms with van der Waals surface area (Å²) in [5.41, 5.74) is 3.64. The molecule has 30 heavy (non-hydrogen) atoms. The monoisotopic (exact) mass is 406 g/mol. The number of fused-ring (bicyclic) bond motifs is 1. The quantitative estimate of drug-likeness (QED) is 0.627. The van der Waals surface area contributed by atoms with Crippen LogP contribution in [0.5, 0.6) is 0 Å². The van der Waals surface area contributed by atoms with E-state index >= 15 is 0 Å². The lowest BCUT2D eigenvalue weighted by Gasteiger charge is -2.34. The SMILES string of the molecule is Cc1cc2c(cc1C)[n+](=O)c(C(=O)N1CCN(Cc3ccccc3)CC1)c(C)n2[O-]. The second kappa shape index (κ2) is 7.91. The van der Waals surface area contributed by atoms with Gasteiger partial charge < -0.3 is 14.8 Å². The first-order chi connectivity index (χ1) is 14.4. The van der Waals surface area contributed by atoms with E-state index < -0.39 is 0 Å². The number of hydrogen-bond acceptors (Lipinski definition) is 4. The molecule has 0 N–H and O–H groups in total. The topological polar surface area (TPSA) is 74.5 Å². The van der Waals surface area contributed by atoms with Crippen LogP contribution >= 0.6 is 0 Å². The number of rotatable bonds is 3. The molecule has 2 heterocycles. The Morgan fingerprint density at radius 2 is 1.63 bits per heavy atom. The zero-order valence-electron chi connectivity index (χ0n) is 17.6. The van der Waals surface area contributed by atoms with E-state index in [0.29, 0.717) is 22.2 Å². The van der Waals surface area contributed by atoms with Crippen molar-refractivity contribution >= 4 is 16.9 Å². The molecule has 1 saturated heterocycles. The largest absolute Gasteiger partial charge is 0.805 e. The number of nitrogens with zero attached hydrogens (tertiary/aromatic N) is 4. The van der Waals surface area contributed by atoms with Crippen LogP contribution in [0, 0.1) is 30.9 Å². The summed E-state index contributed by atoms with van der Waals surface area (Å²) in [6.45, 7) is 8.64. The zero-order chi connectivity index (χ0) is 21.4. The van der Waals surface area contributed by atoms with Gasteiger partial charge in [0.15, 0.2) is 0 Å². The van der Waals surface area contributed by atoms with E-state index in [2.05, 4.69) is 17.0 Å². The highest BCUT2D eigenvalue weighted by atomic mass is 16.5.